The topological polar surface area (TPSA) is 122 Å². The van der Waals surface area contributed by atoms with Gasteiger partial charge in [-0.3, -0.25) is 14.9 Å². The Hall–Kier alpha value is -3.49. The van der Waals surface area contributed by atoms with Crippen molar-refractivity contribution in [2.45, 2.75) is 12.8 Å². The first-order chi connectivity index (χ1) is 12.1. The maximum Gasteiger partial charge on any atom is 0.227 e. The molecule has 2 aromatic heterocycles. The van der Waals surface area contributed by atoms with Crippen LogP contribution in [0.1, 0.15) is 34.6 Å². The number of imidazole rings is 1. The molecular weight excluding hydrogens is 338 g/mol. The monoisotopic (exact) mass is 349 g/mol. The molecule has 0 saturated carbocycles. The standard InChI is InChI=1S/C17H11N5O2S/c18-7-12-13(8-19)21-17(20-12)22-16(24)6-5-14(23)11-9-25-15-4-2-1-3-10(11)15/h1-4,9H,5-6H2,(H2,20,21,22,24). The van der Waals surface area contributed by atoms with E-state index in [0.29, 0.717) is 5.56 Å². The molecule has 0 atom stereocenters. The van der Waals surface area contributed by atoms with Gasteiger partial charge in [0, 0.05) is 33.9 Å². The summed E-state index contributed by atoms with van der Waals surface area (Å²) in [5, 5.41) is 22.8. The van der Waals surface area contributed by atoms with E-state index < -0.39 is 5.91 Å². The Morgan fingerprint density at radius 1 is 1.20 bits per heavy atom. The molecule has 2 N–H and O–H groups in total. The van der Waals surface area contributed by atoms with E-state index >= 15 is 0 Å². The van der Waals surface area contributed by atoms with Crippen LogP contribution >= 0.6 is 11.3 Å². The SMILES string of the molecule is N#Cc1nc(NC(=O)CCC(=O)c2csc3ccccc23)[nH]c1C#N. The highest BCUT2D eigenvalue weighted by molar-refractivity contribution is 7.17. The van der Waals surface area contributed by atoms with Crippen LogP contribution in [0.2, 0.25) is 0 Å². The summed E-state index contributed by atoms with van der Waals surface area (Å²) in [6, 6.07) is 11.1. The quantitative estimate of drug-likeness (QED) is 0.686. The molecule has 25 heavy (non-hydrogen) atoms. The van der Waals surface area contributed by atoms with E-state index in [9.17, 15) is 9.59 Å². The lowest BCUT2D eigenvalue weighted by Crippen LogP contribution is -2.14. The molecule has 3 aromatic rings. The number of nitrogens with zero attached hydrogens (tertiary/aromatic N) is 3. The number of benzene rings is 1. The minimum atomic E-state index is -0.421. The van der Waals surface area contributed by atoms with Gasteiger partial charge in [-0.05, 0) is 6.07 Å². The Bertz CT molecular complexity index is 1020. The number of hydrogen-bond acceptors (Lipinski definition) is 6. The predicted octanol–water partition coefficient (Wildman–Crippen LogP) is 2.97. The summed E-state index contributed by atoms with van der Waals surface area (Å²) in [7, 11) is 0. The lowest BCUT2D eigenvalue weighted by Gasteiger charge is -2.01. The fraction of sp³-hybridized carbons (Fsp3) is 0.118. The maximum atomic E-state index is 12.3. The zero-order valence-corrected chi connectivity index (χ0v) is 13.7. The van der Waals surface area contributed by atoms with Crippen molar-refractivity contribution in [2.75, 3.05) is 5.32 Å². The number of nitrogens with one attached hydrogen (secondary N) is 2. The van der Waals surface area contributed by atoms with Gasteiger partial charge < -0.3 is 4.98 Å². The van der Waals surface area contributed by atoms with Crippen molar-refractivity contribution < 1.29 is 9.59 Å². The minimum absolute atomic E-state index is 0.0152. The Morgan fingerprint density at radius 3 is 2.72 bits per heavy atom. The van der Waals surface area contributed by atoms with Gasteiger partial charge in [0.25, 0.3) is 0 Å². The second kappa shape index (κ2) is 6.95. The van der Waals surface area contributed by atoms with Gasteiger partial charge in [0.1, 0.15) is 12.1 Å². The fourth-order valence-corrected chi connectivity index (χ4v) is 3.31. The fourth-order valence-electron chi connectivity index (χ4n) is 2.34. The Kier molecular flexibility index (Phi) is 4.55. The zero-order chi connectivity index (χ0) is 17.8. The number of nitriles is 2. The zero-order valence-electron chi connectivity index (χ0n) is 12.9. The molecule has 122 valence electrons. The van der Waals surface area contributed by atoms with Crippen molar-refractivity contribution in [1.82, 2.24) is 9.97 Å². The van der Waals surface area contributed by atoms with Crippen molar-refractivity contribution in [3.05, 3.63) is 46.6 Å². The van der Waals surface area contributed by atoms with Gasteiger partial charge in [0.2, 0.25) is 11.9 Å². The summed E-state index contributed by atoms with van der Waals surface area (Å²) in [6.45, 7) is 0. The highest BCUT2D eigenvalue weighted by Crippen LogP contribution is 2.26. The van der Waals surface area contributed by atoms with E-state index in [1.165, 1.54) is 11.3 Å². The van der Waals surface area contributed by atoms with E-state index in [2.05, 4.69) is 15.3 Å². The average Bonchev–Trinajstić information content (AvgIpc) is 3.23. The lowest BCUT2D eigenvalue weighted by atomic mass is 10.1. The molecule has 0 saturated heterocycles. The van der Waals surface area contributed by atoms with Gasteiger partial charge in [-0.15, -0.1) is 11.3 Å². The summed E-state index contributed by atoms with van der Waals surface area (Å²) < 4.78 is 1.03. The van der Waals surface area contributed by atoms with Crippen LogP contribution in [0.4, 0.5) is 5.95 Å². The van der Waals surface area contributed by atoms with Gasteiger partial charge in [0.15, 0.2) is 17.2 Å². The van der Waals surface area contributed by atoms with Gasteiger partial charge in [0.05, 0.1) is 0 Å². The predicted molar refractivity (Wildman–Crippen MR) is 92.0 cm³/mol. The number of aromatic nitrogens is 2. The second-order valence-corrected chi connectivity index (χ2v) is 6.06. The highest BCUT2D eigenvalue weighted by atomic mass is 32.1. The first-order valence-electron chi connectivity index (χ1n) is 7.32. The number of H-pyrrole nitrogens is 1. The summed E-state index contributed by atoms with van der Waals surface area (Å²) >= 11 is 1.49. The minimum Gasteiger partial charge on any atom is -0.314 e. The lowest BCUT2D eigenvalue weighted by molar-refractivity contribution is -0.116. The Labute approximate surface area is 146 Å². The van der Waals surface area contributed by atoms with Crippen molar-refractivity contribution >= 4 is 39.1 Å². The number of ketones is 1. The van der Waals surface area contributed by atoms with E-state index in [0.717, 1.165) is 10.1 Å². The number of carbonyl (C=O) groups is 2. The number of hydrogen-bond donors (Lipinski definition) is 2. The largest absolute Gasteiger partial charge is 0.314 e. The third-order valence-corrected chi connectivity index (χ3v) is 4.50. The Balaban J connectivity index is 1.63. The summed E-state index contributed by atoms with van der Waals surface area (Å²) in [6.07, 6.45) is 0.0387. The van der Waals surface area contributed by atoms with Crippen LogP contribution in [-0.2, 0) is 4.79 Å². The molecule has 1 aromatic carbocycles. The van der Waals surface area contributed by atoms with Crippen LogP contribution in [0.25, 0.3) is 10.1 Å². The van der Waals surface area contributed by atoms with Crippen molar-refractivity contribution in [2.24, 2.45) is 0 Å². The molecule has 0 fully saturated rings. The van der Waals surface area contributed by atoms with Crippen LogP contribution in [0.15, 0.2) is 29.6 Å². The number of amides is 1. The molecule has 0 unspecified atom stereocenters. The first kappa shape index (κ1) is 16.4. The molecule has 7 nitrogen and oxygen atoms in total. The van der Waals surface area contributed by atoms with Crippen LogP contribution in [0.3, 0.4) is 0 Å². The highest BCUT2D eigenvalue weighted by Gasteiger charge is 2.15. The molecule has 3 rings (SSSR count). The molecule has 8 heteroatoms. The first-order valence-corrected chi connectivity index (χ1v) is 8.20. The molecular formula is C17H11N5O2S. The number of carbonyl (C=O) groups excluding carboxylic acids is 2. The normalized spacial score (nSPS) is 10.2. The van der Waals surface area contributed by atoms with E-state index in [1.807, 2.05) is 24.3 Å². The van der Waals surface area contributed by atoms with Crippen molar-refractivity contribution in [1.29, 1.82) is 10.5 Å². The van der Waals surface area contributed by atoms with Crippen LogP contribution in [0.5, 0.6) is 0 Å². The number of rotatable bonds is 5. The van der Waals surface area contributed by atoms with Crippen LogP contribution in [-0.4, -0.2) is 21.7 Å². The van der Waals surface area contributed by atoms with Crippen molar-refractivity contribution in [3.8, 4) is 12.1 Å². The smallest absolute Gasteiger partial charge is 0.227 e. The third-order valence-electron chi connectivity index (χ3n) is 3.54. The molecule has 0 aliphatic carbocycles. The average molecular weight is 349 g/mol. The second-order valence-electron chi connectivity index (χ2n) is 5.15. The van der Waals surface area contributed by atoms with Gasteiger partial charge in [-0.1, -0.05) is 18.2 Å². The van der Waals surface area contributed by atoms with Gasteiger partial charge in [-0.25, -0.2) is 4.98 Å². The molecule has 1 amide bonds. The van der Waals surface area contributed by atoms with E-state index in [1.54, 1.807) is 17.5 Å². The molecule has 0 bridgehead atoms. The number of Topliss-reactive ketones (excluding diaryl/α,β-unsaturated/α-hetero) is 1. The van der Waals surface area contributed by atoms with Gasteiger partial charge >= 0.3 is 0 Å². The number of thiophene rings is 1. The number of fused-ring (bicyclic) bond motifs is 1. The maximum absolute atomic E-state index is 12.3. The molecule has 0 aliphatic heterocycles. The van der Waals surface area contributed by atoms with Crippen LogP contribution < -0.4 is 5.32 Å². The Morgan fingerprint density at radius 2 is 2.00 bits per heavy atom. The molecule has 0 aliphatic rings. The molecule has 0 spiro atoms. The number of aromatic amines is 1. The van der Waals surface area contributed by atoms with E-state index in [-0.39, 0.29) is 36.0 Å². The molecule has 2 heterocycles. The molecule has 0 radical (unpaired) electrons. The van der Waals surface area contributed by atoms with E-state index in [4.69, 9.17) is 10.5 Å². The summed E-state index contributed by atoms with van der Waals surface area (Å²) in [5.74, 6) is -0.510. The third kappa shape index (κ3) is 3.39. The number of anilines is 1. The van der Waals surface area contributed by atoms with Crippen molar-refractivity contribution in [3.63, 3.8) is 0 Å². The van der Waals surface area contributed by atoms with Crippen LogP contribution in [0, 0.1) is 22.7 Å². The summed E-state index contributed by atoms with van der Waals surface area (Å²) in [4.78, 5) is 30.7. The van der Waals surface area contributed by atoms with Gasteiger partial charge in [-0.2, -0.15) is 10.5 Å². The summed E-state index contributed by atoms with van der Waals surface area (Å²) in [5.41, 5.74) is 0.516.